The second-order valence-electron chi connectivity index (χ2n) is 7.99. The molecule has 6 heteroatoms. The predicted molar refractivity (Wildman–Crippen MR) is 108 cm³/mol. The Bertz CT molecular complexity index is 1110. The van der Waals surface area contributed by atoms with Crippen molar-refractivity contribution in [2.75, 3.05) is 12.0 Å². The van der Waals surface area contributed by atoms with Crippen LogP contribution in [0, 0.1) is 0 Å². The third-order valence-electron chi connectivity index (χ3n) is 5.53. The van der Waals surface area contributed by atoms with E-state index in [1.807, 2.05) is 29.2 Å². The quantitative estimate of drug-likeness (QED) is 0.691. The maximum Gasteiger partial charge on any atom is 0.420 e. The van der Waals surface area contributed by atoms with Gasteiger partial charge in [0.25, 0.3) is 0 Å². The zero-order chi connectivity index (χ0) is 20.1. The van der Waals surface area contributed by atoms with Gasteiger partial charge < -0.3 is 14.1 Å². The van der Waals surface area contributed by atoms with Crippen LogP contribution >= 0.6 is 0 Å². The highest BCUT2D eigenvalue weighted by atomic mass is 16.5. The SMILES string of the molecule is COc1ccc2c(c1)[C@H](C)CC(C)(C)N2C(=O)Cn1c(=O)oc2ccccc21. The van der Waals surface area contributed by atoms with Gasteiger partial charge in [-0.05, 0) is 62.1 Å². The number of oxazole rings is 1. The minimum absolute atomic E-state index is 0.0703. The molecule has 3 aromatic rings. The number of carbonyl (C=O) groups excluding carboxylic acids is 1. The van der Waals surface area contributed by atoms with Gasteiger partial charge in [-0.2, -0.15) is 0 Å². The topological polar surface area (TPSA) is 64.7 Å². The normalized spacial score (nSPS) is 18.1. The highest BCUT2D eigenvalue weighted by molar-refractivity contribution is 5.96. The maximum absolute atomic E-state index is 13.4. The van der Waals surface area contributed by atoms with Crippen molar-refractivity contribution in [1.29, 1.82) is 0 Å². The van der Waals surface area contributed by atoms with E-state index in [-0.39, 0.29) is 18.0 Å². The van der Waals surface area contributed by atoms with Crippen molar-refractivity contribution in [1.82, 2.24) is 4.57 Å². The average Bonchev–Trinajstić information content (AvgIpc) is 2.96. The lowest BCUT2D eigenvalue weighted by Gasteiger charge is -2.46. The molecular weight excluding hydrogens is 356 g/mol. The van der Waals surface area contributed by atoms with Gasteiger partial charge in [-0.25, -0.2) is 4.79 Å². The van der Waals surface area contributed by atoms with Crippen LogP contribution in [0.15, 0.2) is 51.7 Å². The van der Waals surface area contributed by atoms with Gasteiger partial charge in [-0.3, -0.25) is 9.36 Å². The summed E-state index contributed by atoms with van der Waals surface area (Å²) in [7, 11) is 1.64. The lowest BCUT2D eigenvalue weighted by Crippen LogP contribution is -2.53. The number of ether oxygens (including phenoxy) is 1. The molecular formula is C22H24N2O4. The molecule has 0 aliphatic carbocycles. The van der Waals surface area contributed by atoms with Crippen LogP contribution in [0.25, 0.3) is 11.1 Å². The molecule has 146 valence electrons. The lowest BCUT2D eigenvalue weighted by molar-refractivity contribution is -0.120. The van der Waals surface area contributed by atoms with Crippen molar-refractivity contribution >= 4 is 22.7 Å². The van der Waals surface area contributed by atoms with Gasteiger partial charge in [0, 0.05) is 11.2 Å². The Morgan fingerprint density at radius 2 is 2.00 bits per heavy atom. The number of rotatable bonds is 3. The molecule has 0 fully saturated rings. The zero-order valence-corrected chi connectivity index (χ0v) is 16.6. The number of aromatic nitrogens is 1. The van der Waals surface area contributed by atoms with Crippen LogP contribution in [0.2, 0.25) is 0 Å². The van der Waals surface area contributed by atoms with Gasteiger partial charge in [0.2, 0.25) is 5.91 Å². The van der Waals surface area contributed by atoms with Crippen LogP contribution in [0.1, 0.15) is 38.7 Å². The molecule has 4 rings (SSSR count). The predicted octanol–water partition coefficient (Wildman–Crippen LogP) is 3.92. The molecule has 0 unspecified atom stereocenters. The van der Waals surface area contributed by atoms with Gasteiger partial charge in [-0.1, -0.05) is 19.1 Å². The zero-order valence-electron chi connectivity index (χ0n) is 16.6. The minimum atomic E-state index is -0.521. The van der Waals surface area contributed by atoms with Crippen LogP contribution in [0.4, 0.5) is 5.69 Å². The van der Waals surface area contributed by atoms with E-state index in [0.29, 0.717) is 17.0 Å². The van der Waals surface area contributed by atoms with E-state index in [9.17, 15) is 9.59 Å². The van der Waals surface area contributed by atoms with Crippen molar-refractivity contribution in [2.45, 2.75) is 45.2 Å². The van der Waals surface area contributed by atoms with E-state index in [4.69, 9.17) is 9.15 Å². The molecule has 0 saturated carbocycles. The highest BCUT2D eigenvalue weighted by Crippen LogP contribution is 2.44. The smallest absolute Gasteiger partial charge is 0.420 e. The fourth-order valence-electron chi connectivity index (χ4n) is 4.38. The minimum Gasteiger partial charge on any atom is -0.497 e. The first kappa shape index (κ1) is 18.3. The fourth-order valence-corrected chi connectivity index (χ4v) is 4.38. The van der Waals surface area contributed by atoms with E-state index in [1.165, 1.54) is 4.57 Å². The Kier molecular flexibility index (Phi) is 4.29. The summed E-state index contributed by atoms with van der Waals surface area (Å²) in [5.74, 6) is 0.404. The summed E-state index contributed by atoms with van der Waals surface area (Å²) in [4.78, 5) is 27.5. The molecule has 1 aliphatic heterocycles. The van der Waals surface area contributed by atoms with Gasteiger partial charge in [-0.15, -0.1) is 0 Å². The van der Waals surface area contributed by atoms with Gasteiger partial charge in [0.1, 0.15) is 12.3 Å². The fraction of sp³-hybridized carbons (Fsp3) is 0.364. The molecule has 2 heterocycles. The molecule has 0 saturated heterocycles. The summed E-state index contributed by atoms with van der Waals surface area (Å²) in [5, 5.41) is 0. The van der Waals surface area contributed by atoms with Crippen molar-refractivity contribution in [3.63, 3.8) is 0 Å². The number of benzene rings is 2. The largest absolute Gasteiger partial charge is 0.497 e. The highest BCUT2D eigenvalue weighted by Gasteiger charge is 2.40. The lowest BCUT2D eigenvalue weighted by atomic mass is 9.80. The summed E-state index contributed by atoms with van der Waals surface area (Å²) in [6.45, 7) is 6.21. The first-order chi connectivity index (χ1) is 13.3. The maximum atomic E-state index is 13.4. The van der Waals surface area contributed by atoms with E-state index in [0.717, 1.165) is 23.4 Å². The van der Waals surface area contributed by atoms with Crippen LogP contribution in [-0.4, -0.2) is 23.1 Å². The Morgan fingerprint density at radius 1 is 1.25 bits per heavy atom. The third-order valence-corrected chi connectivity index (χ3v) is 5.53. The monoisotopic (exact) mass is 380 g/mol. The molecule has 1 aliphatic rings. The molecule has 1 aromatic heterocycles. The van der Waals surface area contributed by atoms with Crippen LogP contribution in [-0.2, 0) is 11.3 Å². The molecule has 0 spiro atoms. The number of fused-ring (bicyclic) bond motifs is 2. The van der Waals surface area contributed by atoms with Crippen molar-refractivity contribution in [3.8, 4) is 5.75 Å². The van der Waals surface area contributed by atoms with Crippen molar-refractivity contribution < 1.29 is 13.9 Å². The number of amides is 1. The Balaban J connectivity index is 1.77. The van der Waals surface area contributed by atoms with Gasteiger partial charge in [0.15, 0.2) is 5.58 Å². The van der Waals surface area contributed by atoms with E-state index < -0.39 is 5.76 Å². The Hall–Kier alpha value is -3.02. The molecule has 0 radical (unpaired) electrons. The number of nitrogens with zero attached hydrogens (tertiary/aromatic N) is 2. The summed E-state index contributed by atoms with van der Waals surface area (Å²) < 4.78 is 12.0. The summed E-state index contributed by atoms with van der Waals surface area (Å²) in [6.07, 6.45) is 0.819. The van der Waals surface area contributed by atoms with Crippen LogP contribution in [0.3, 0.4) is 0 Å². The Morgan fingerprint density at radius 3 is 2.75 bits per heavy atom. The van der Waals surface area contributed by atoms with Crippen molar-refractivity contribution in [3.05, 3.63) is 58.6 Å². The average molecular weight is 380 g/mol. The van der Waals surface area contributed by atoms with Crippen molar-refractivity contribution in [2.24, 2.45) is 0 Å². The number of para-hydroxylation sites is 2. The molecule has 1 atom stereocenters. The second-order valence-corrected chi connectivity index (χ2v) is 7.99. The number of anilines is 1. The van der Waals surface area contributed by atoms with E-state index in [1.54, 1.807) is 25.3 Å². The first-order valence-electron chi connectivity index (χ1n) is 9.41. The number of hydrogen-bond donors (Lipinski definition) is 0. The van der Waals surface area contributed by atoms with Gasteiger partial charge in [0.05, 0.1) is 12.6 Å². The standard InChI is InChI=1S/C22H24N2O4/c1-14-12-22(2,3)24(17-10-9-15(27-4)11-16(14)17)20(25)13-23-18-7-5-6-8-19(18)28-21(23)26/h5-11,14H,12-13H2,1-4H3/t14-/m1/s1. The number of carbonyl (C=O) groups is 1. The van der Waals surface area contributed by atoms with Crippen LogP contribution in [0.5, 0.6) is 5.75 Å². The molecule has 2 aromatic carbocycles. The summed E-state index contributed by atoms with van der Waals surface area (Å²) >= 11 is 0. The molecule has 28 heavy (non-hydrogen) atoms. The third kappa shape index (κ3) is 2.89. The van der Waals surface area contributed by atoms with E-state index in [2.05, 4.69) is 20.8 Å². The van der Waals surface area contributed by atoms with E-state index >= 15 is 0 Å². The van der Waals surface area contributed by atoms with Crippen LogP contribution < -0.4 is 15.4 Å². The molecule has 1 amide bonds. The molecule has 0 N–H and O–H groups in total. The molecule has 0 bridgehead atoms. The second kappa shape index (κ2) is 6.55. The molecule has 6 nitrogen and oxygen atoms in total. The summed E-state index contributed by atoms with van der Waals surface area (Å²) in [6, 6.07) is 12.9. The van der Waals surface area contributed by atoms with Gasteiger partial charge >= 0.3 is 5.76 Å². The first-order valence-corrected chi connectivity index (χ1v) is 9.41. The Labute approximate surface area is 163 Å². The number of hydrogen-bond acceptors (Lipinski definition) is 4. The number of methoxy groups -OCH3 is 1. The summed E-state index contributed by atoms with van der Waals surface area (Å²) in [5.41, 5.74) is 2.68.